The lowest BCUT2D eigenvalue weighted by Crippen LogP contribution is -2.43. The lowest BCUT2D eigenvalue weighted by Gasteiger charge is -2.38. The molecule has 0 heterocycles. The first kappa shape index (κ1) is 14.7. The van der Waals surface area contributed by atoms with E-state index < -0.39 is 8.32 Å². The molecule has 0 aromatic carbocycles. The third-order valence-corrected chi connectivity index (χ3v) is 7.67. The van der Waals surface area contributed by atoms with Gasteiger partial charge in [0.25, 0.3) is 0 Å². The van der Waals surface area contributed by atoms with Gasteiger partial charge in [0.1, 0.15) is 0 Å². The van der Waals surface area contributed by atoms with Crippen LogP contribution in [-0.2, 0) is 4.43 Å². The first-order chi connectivity index (χ1) is 6.52. The molecule has 0 rings (SSSR count). The van der Waals surface area contributed by atoms with Crippen LogP contribution in [0.15, 0.2) is 0 Å². The zero-order valence-corrected chi connectivity index (χ0v) is 12.3. The molecular weight excluding hydrogens is 202 g/mol. The molecule has 3 heteroatoms. The second-order valence-electron chi connectivity index (χ2n) is 6.55. The maximum atomic E-state index is 8.70. The van der Waals surface area contributed by atoms with E-state index in [1.807, 2.05) is 0 Å². The molecule has 15 heavy (non-hydrogen) atoms. The second-order valence-corrected chi connectivity index (χ2v) is 11.4. The van der Waals surface area contributed by atoms with Gasteiger partial charge in [-0.2, -0.15) is 5.26 Å². The van der Waals surface area contributed by atoms with Crippen LogP contribution < -0.4 is 0 Å². The maximum Gasteiger partial charge on any atom is 0.192 e. The molecule has 0 aliphatic carbocycles. The predicted octanol–water partition coefficient (Wildman–Crippen LogP) is 3.95. The normalized spacial score (nSPS) is 13.7. The average Bonchev–Trinajstić information content (AvgIpc) is 1.99. The minimum absolute atomic E-state index is 0.0235. The summed E-state index contributed by atoms with van der Waals surface area (Å²) < 4.78 is 6.10. The molecule has 88 valence electrons. The molecule has 0 N–H and O–H groups in total. The maximum absolute atomic E-state index is 8.70. The number of nitriles is 1. The van der Waals surface area contributed by atoms with Gasteiger partial charge in [0, 0.05) is 13.0 Å². The highest BCUT2D eigenvalue weighted by atomic mass is 28.4. The van der Waals surface area contributed by atoms with Gasteiger partial charge in [-0.15, -0.1) is 0 Å². The molecule has 0 aromatic heterocycles. The molecule has 0 fully saturated rings. The molecule has 0 amide bonds. The summed E-state index contributed by atoms with van der Waals surface area (Å²) in [5, 5.41) is 8.94. The van der Waals surface area contributed by atoms with Gasteiger partial charge < -0.3 is 4.43 Å². The lowest BCUT2D eigenvalue weighted by atomic mass is 9.92. The fourth-order valence-electron chi connectivity index (χ4n) is 0.857. The Labute approximate surface area is 95.8 Å². The molecule has 0 aliphatic heterocycles. The van der Waals surface area contributed by atoms with Gasteiger partial charge in [-0.1, -0.05) is 34.6 Å². The summed E-state index contributed by atoms with van der Waals surface area (Å²) in [7, 11) is -1.65. The number of hydrogen-bond donors (Lipinski definition) is 0. The quantitative estimate of drug-likeness (QED) is 0.681. The van der Waals surface area contributed by atoms with Crippen molar-refractivity contribution < 1.29 is 4.43 Å². The predicted molar refractivity (Wildman–Crippen MR) is 67.2 cm³/mol. The highest BCUT2D eigenvalue weighted by Crippen LogP contribution is 2.37. The Morgan fingerprint density at radius 1 is 1.13 bits per heavy atom. The van der Waals surface area contributed by atoms with Crippen molar-refractivity contribution in [3.63, 3.8) is 0 Å². The monoisotopic (exact) mass is 227 g/mol. The molecule has 2 nitrogen and oxygen atoms in total. The molecule has 0 spiro atoms. The molecule has 0 radical (unpaired) electrons. The van der Waals surface area contributed by atoms with Gasteiger partial charge in [-0.3, -0.25) is 0 Å². The SMILES string of the molecule is CC(C)(CC#N)CO[Si](C)(C)C(C)(C)C. The zero-order chi connectivity index (χ0) is 12.3. The summed E-state index contributed by atoms with van der Waals surface area (Å²) in [6.07, 6.45) is 0.557. The van der Waals surface area contributed by atoms with Crippen molar-refractivity contribution in [3.8, 4) is 6.07 Å². The van der Waals surface area contributed by atoms with Crippen molar-refractivity contribution in [1.29, 1.82) is 5.26 Å². The topological polar surface area (TPSA) is 33.0 Å². The van der Waals surface area contributed by atoms with Gasteiger partial charge in [-0.25, -0.2) is 0 Å². The highest BCUT2D eigenvalue weighted by Gasteiger charge is 2.38. The van der Waals surface area contributed by atoms with Crippen molar-refractivity contribution >= 4 is 8.32 Å². The third-order valence-electron chi connectivity index (χ3n) is 3.19. The smallest absolute Gasteiger partial charge is 0.192 e. The van der Waals surface area contributed by atoms with Crippen molar-refractivity contribution in [1.82, 2.24) is 0 Å². The van der Waals surface area contributed by atoms with E-state index in [1.54, 1.807) is 0 Å². The van der Waals surface area contributed by atoms with E-state index in [1.165, 1.54) is 0 Å². The highest BCUT2D eigenvalue weighted by molar-refractivity contribution is 6.74. The lowest BCUT2D eigenvalue weighted by molar-refractivity contribution is 0.168. The molecular formula is C12H25NOSi. The van der Waals surface area contributed by atoms with Gasteiger partial charge in [0.05, 0.1) is 6.07 Å². The van der Waals surface area contributed by atoms with Crippen LogP contribution in [0.25, 0.3) is 0 Å². The summed E-state index contributed by atoms with van der Waals surface area (Å²) in [4.78, 5) is 0. The van der Waals surface area contributed by atoms with Gasteiger partial charge in [0.2, 0.25) is 0 Å². The largest absolute Gasteiger partial charge is 0.416 e. The van der Waals surface area contributed by atoms with Crippen LogP contribution in [-0.4, -0.2) is 14.9 Å². The van der Waals surface area contributed by atoms with Crippen LogP contribution in [0.4, 0.5) is 0 Å². The van der Waals surface area contributed by atoms with E-state index in [0.717, 1.165) is 0 Å². The average molecular weight is 227 g/mol. The van der Waals surface area contributed by atoms with Crippen molar-refractivity contribution in [3.05, 3.63) is 0 Å². The minimum atomic E-state index is -1.65. The number of nitrogens with zero attached hydrogens (tertiary/aromatic N) is 1. The van der Waals surface area contributed by atoms with Crippen LogP contribution in [0.3, 0.4) is 0 Å². The van der Waals surface area contributed by atoms with Crippen molar-refractivity contribution in [2.24, 2.45) is 5.41 Å². The molecule has 0 unspecified atom stereocenters. The Bertz CT molecular complexity index is 245. The molecule has 0 saturated heterocycles. The van der Waals surface area contributed by atoms with Crippen LogP contribution >= 0.6 is 0 Å². The summed E-state index contributed by atoms with van der Waals surface area (Å²) in [6.45, 7) is 16.1. The summed E-state index contributed by atoms with van der Waals surface area (Å²) in [5.41, 5.74) is -0.0235. The third kappa shape index (κ3) is 4.81. The Kier molecular flexibility index (Phi) is 4.57. The standard InChI is InChI=1S/C12H25NOSi/c1-11(2,3)15(6,7)14-10-12(4,5)8-9-13/h8,10H2,1-7H3. The van der Waals surface area contributed by atoms with E-state index >= 15 is 0 Å². The van der Waals surface area contributed by atoms with Gasteiger partial charge in [0.15, 0.2) is 8.32 Å². The van der Waals surface area contributed by atoms with Crippen molar-refractivity contribution in [2.45, 2.75) is 59.2 Å². The van der Waals surface area contributed by atoms with E-state index in [0.29, 0.717) is 13.0 Å². The first-order valence-electron chi connectivity index (χ1n) is 5.53. The molecule has 0 atom stereocenters. The summed E-state index contributed by atoms with van der Waals surface area (Å²) in [6, 6.07) is 2.22. The second kappa shape index (κ2) is 4.67. The van der Waals surface area contributed by atoms with Crippen LogP contribution in [0.5, 0.6) is 0 Å². The minimum Gasteiger partial charge on any atom is -0.416 e. The number of rotatable bonds is 4. The molecule has 0 bridgehead atoms. The summed E-state index contributed by atoms with van der Waals surface area (Å²) in [5.74, 6) is 0. The number of hydrogen-bond acceptors (Lipinski definition) is 2. The Hall–Kier alpha value is -0.333. The fraction of sp³-hybridized carbons (Fsp3) is 0.917. The van der Waals surface area contributed by atoms with E-state index in [-0.39, 0.29) is 10.5 Å². The first-order valence-corrected chi connectivity index (χ1v) is 8.44. The van der Waals surface area contributed by atoms with E-state index in [2.05, 4.69) is 53.8 Å². The van der Waals surface area contributed by atoms with Crippen LogP contribution in [0.2, 0.25) is 18.1 Å². The molecule has 0 saturated carbocycles. The summed E-state index contributed by atoms with van der Waals surface area (Å²) >= 11 is 0. The zero-order valence-electron chi connectivity index (χ0n) is 11.3. The molecule has 0 aromatic rings. The van der Waals surface area contributed by atoms with Gasteiger partial charge in [-0.05, 0) is 23.5 Å². The van der Waals surface area contributed by atoms with Crippen LogP contribution in [0, 0.1) is 16.7 Å². The van der Waals surface area contributed by atoms with Crippen LogP contribution in [0.1, 0.15) is 41.0 Å². The Balaban J connectivity index is 4.34. The van der Waals surface area contributed by atoms with E-state index in [9.17, 15) is 0 Å². The Morgan fingerprint density at radius 3 is 1.93 bits per heavy atom. The van der Waals surface area contributed by atoms with E-state index in [4.69, 9.17) is 9.69 Å². The van der Waals surface area contributed by atoms with Gasteiger partial charge >= 0.3 is 0 Å². The molecule has 0 aliphatic rings. The Morgan fingerprint density at radius 2 is 1.60 bits per heavy atom. The van der Waals surface area contributed by atoms with Crippen molar-refractivity contribution in [2.75, 3.05) is 6.61 Å². The fourth-order valence-corrected chi connectivity index (χ4v) is 2.04.